The van der Waals surface area contributed by atoms with Crippen LogP contribution in [0.25, 0.3) is 0 Å². The summed E-state index contributed by atoms with van der Waals surface area (Å²) in [6, 6.07) is 0. The molecular weight excluding hydrogens is 261 g/mol. The molecule has 0 aromatic carbocycles. The molecule has 2 aliphatic carbocycles. The van der Waals surface area contributed by atoms with E-state index in [0.29, 0.717) is 17.0 Å². The molecule has 1 heterocycles. The zero-order valence-corrected chi connectivity index (χ0v) is 10.7. The lowest BCUT2D eigenvalue weighted by Gasteiger charge is -2.21. The van der Waals surface area contributed by atoms with Gasteiger partial charge in [-0.3, -0.25) is 0 Å². The fraction of sp³-hybridized carbons (Fsp3) is 0.750. The van der Waals surface area contributed by atoms with E-state index in [4.69, 9.17) is 0 Å². The van der Waals surface area contributed by atoms with E-state index >= 15 is 0 Å². The molecule has 1 aromatic heterocycles. The van der Waals surface area contributed by atoms with Gasteiger partial charge in [-0.15, -0.1) is 0 Å². The number of halogens is 3. The van der Waals surface area contributed by atoms with Crippen LogP contribution in [0, 0.1) is 11.8 Å². The second-order valence-corrected chi connectivity index (χ2v) is 6.31. The molecule has 2 saturated carbocycles. The second kappa shape index (κ2) is 4.40. The summed E-state index contributed by atoms with van der Waals surface area (Å²) in [5, 5.41) is 0.543. The van der Waals surface area contributed by atoms with Gasteiger partial charge in [-0.05, 0) is 37.5 Å². The van der Waals surface area contributed by atoms with Gasteiger partial charge in [0, 0.05) is 13.1 Å². The van der Waals surface area contributed by atoms with Crippen LogP contribution in [0.4, 0.5) is 18.3 Å². The molecule has 0 saturated heterocycles. The van der Waals surface area contributed by atoms with E-state index in [1.165, 1.54) is 25.7 Å². The Morgan fingerprint density at radius 2 is 1.72 bits per heavy atom. The van der Waals surface area contributed by atoms with Gasteiger partial charge in [-0.25, -0.2) is 4.98 Å². The minimum absolute atomic E-state index is 0.543. The molecule has 18 heavy (non-hydrogen) atoms. The molecule has 0 atom stereocenters. The highest BCUT2D eigenvalue weighted by atomic mass is 32.1. The van der Waals surface area contributed by atoms with Gasteiger partial charge in [0.25, 0.3) is 0 Å². The van der Waals surface area contributed by atoms with Crippen molar-refractivity contribution >= 4 is 16.5 Å². The SMILES string of the molecule is FC(F)(F)c1cnc(N(CC2CC2)CC2CC2)s1. The Bertz CT molecular complexity index is 407. The normalized spacial score (nSPS) is 20.2. The lowest BCUT2D eigenvalue weighted by atomic mass is 10.3. The fourth-order valence-corrected chi connectivity index (χ4v) is 2.80. The molecule has 0 N–H and O–H groups in total. The maximum atomic E-state index is 12.6. The summed E-state index contributed by atoms with van der Waals surface area (Å²) in [7, 11) is 0. The van der Waals surface area contributed by atoms with E-state index in [1.807, 2.05) is 0 Å². The molecule has 0 unspecified atom stereocenters. The van der Waals surface area contributed by atoms with Gasteiger partial charge in [0.05, 0.1) is 6.20 Å². The van der Waals surface area contributed by atoms with Crippen LogP contribution in [0.3, 0.4) is 0 Å². The van der Waals surface area contributed by atoms with Crippen molar-refractivity contribution in [2.75, 3.05) is 18.0 Å². The van der Waals surface area contributed by atoms with E-state index in [1.54, 1.807) is 0 Å². The first-order valence-electron chi connectivity index (χ1n) is 6.30. The van der Waals surface area contributed by atoms with Crippen molar-refractivity contribution in [1.82, 2.24) is 4.98 Å². The molecule has 0 bridgehead atoms. The molecule has 1 aromatic rings. The van der Waals surface area contributed by atoms with Crippen molar-refractivity contribution < 1.29 is 13.2 Å². The Labute approximate surface area is 108 Å². The number of rotatable bonds is 5. The van der Waals surface area contributed by atoms with Crippen LogP contribution >= 0.6 is 11.3 Å². The number of anilines is 1. The van der Waals surface area contributed by atoms with E-state index in [-0.39, 0.29) is 0 Å². The number of hydrogen-bond donors (Lipinski definition) is 0. The Hall–Kier alpha value is -0.780. The summed E-state index contributed by atoms with van der Waals surface area (Å²) in [5.41, 5.74) is 0. The quantitative estimate of drug-likeness (QED) is 0.813. The summed E-state index contributed by atoms with van der Waals surface area (Å²) in [6.07, 6.45) is 1.53. The molecule has 3 rings (SSSR count). The van der Waals surface area contributed by atoms with Crippen molar-refractivity contribution in [3.05, 3.63) is 11.1 Å². The molecular formula is C12H15F3N2S. The van der Waals surface area contributed by atoms with Crippen LogP contribution < -0.4 is 4.90 Å². The second-order valence-electron chi connectivity index (χ2n) is 5.30. The number of nitrogens with zero attached hydrogens (tertiary/aromatic N) is 2. The number of aromatic nitrogens is 1. The molecule has 2 aliphatic rings. The predicted octanol–water partition coefficient (Wildman–Crippen LogP) is 3.79. The fourth-order valence-electron chi connectivity index (χ4n) is 2.00. The molecule has 6 heteroatoms. The van der Waals surface area contributed by atoms with E-state index in [2.05, 4.69) is 9.88 Å². The Morgan fingerprint density at radius 3 is 2.11 bits per heavy atom. The van der Waals surface area contributed by atoms with Crippen LogP contribution in [0.2, 0.25) is 0 Å². The third-order valence-electron chi connectivity index (χ3n) is 3.39. The van der Waals surface area contributed by atoms with Gasteiger partial charge in [-0.1, -0.05) is 11.3 Å². The molecule has 0 aliphatic heterocycles. The zero-order valence-electron chi connectivity index (χ0n) is 9.91. The summed E-state index contributed by atoms with van der Waals surface area (Å²) in [6.45, 7) is 1.75. The van der Waals surface area contributed by atoms with Gasteiger partial charge in [0.2, 0.25) is 0 Å². The Balaban J connectivity index is 1.73. The number of alkyl halides is 3. The highest BCUT2D eigenvalue weighted by molar-refractivity contribution is 7.15. The van der Waals surface area contributed by atoms with Crippen molar-refractivity contribution in [1.29, 1.82) is 0 Å². The van der Waals surface area contributed by atoms with Gasteiger partial charge in [0.15, 0.2) is 5.13 Å². The number of hydrogen-bond acceptors (Lipinski definition) is 3. The minimum Gasteiger partial charge on any atom is -0.348 e. The first kappa shape index (κ1) is 12.3. The van der Waals surface area contributed by atoms with Crippen LogP contribution in [0.15, 0.2) is 6.20 Å². The van der Waals surface area contributed by atoms with Crippen molar-refractivity contribution in [3.8, 4) is 0 Å². The summed E-state index contributed by atoms with van der Waals surface area (Å²) in [5.74, 6) is 1.34. The van der Waals surface area contributed by atoms with Crippen molar-refractivity contribution in [3.63, 3.8) is 0 Å². The zero-order chi connectivity index (χ0) is 12.8. The van der Waals surface area contributed by atoms with E-state index in [0.717, 1.165) is 30.6 Å². The highest BCUT2D eigenvalue weighted by Gasteiger charge is 2.35. The van der Waals surface area contributed by atoms with Crippen LogP contribution in [-0.4, -0.2) is 18.1 Å². The largest absolute Gasteiger partial charge is 0.427 e. The van der Waals surface area contributed by atoms with Crippen molar-refractivity contribution in [2.45, 2.75) is 31.9 Å². The summed E-state index contributed by atoms with van der Waals surface area (Å²) >= 11 is 0.777. The van der Waals surface area contributed by atoms with Gasteiger partial charge < -0.3 is 4.90 Å². The number of thiazole rings is 1. The molecule has 0 spiro atoms. The van der Waals surface area contributed by atoms with Crippen LogP contribution in [-0.2, 0) is 6.18 Å². The van der Waals surface area contributed by atoms with E-state index in [9.17, 15) is 13.2 Å². The predicted molar refractivity (Wildman–Crippen MR) is 64.8 cm³/mol. The lowest BCUT2D eigenvalue weighted by Crippen LogP contribution is -2.27. The summed E-state index contributed by atoms with van der Waals surface area (Å²) < 4.78 is 37.7. The van der Waals surface area contributed by atoms with Gasteiger partial charge >= 0.3 is 6.18 Å². The maximum absolute atomic E-state index is 12.6. The van der Waals surface area contributed by atoms with Gasteiger partial charge in [-0.2, -0.15) is 13.2 Å². The minimum atomic E-state index is -4.26. The molecule has 2 fully saturated rings. The molecule has 2 nitrogen and oxygen atoms in total. The Morgan fingerprint density at radius 1 is 1.17 bits per heavy atom. The van der Waals surface area contributed by atoms with Crippen LogP contribution in [0.5, 0.6) is 0 Å². The standard InChI is InChI=1S/C12H15F3N2S/c13-12(14,15)10-5-16-11(18-10)17(6-8-1-2-8)7-9-3-4-9/h5,8-9H,1-4,6-7H2. The first-order valence-corrected chi connectivity index (χ1v) is 7.12. The average Bonchev–Trinajstić information content (AvgIpc) is 3.20. The molecule has 100 valence electrons. The van der Waals surface area contributed by atoms with E-state index < -0.39 is 11.1 Å². The molecule has 0 radical (unpaired) electrons. The third-order valence-corrected chi connectivity index (χ3v) is 4.50. The maximum Gasteiger partial charge on any atom is 0.427 e. The average molecular weight is 276 g/mol. The Kier molecular flexibility index (Phi) is 3.00. The smallest absolute Gasteiger partial charge is 0.348 e. The topological polar surface area (TPSA) is 16.1 Å². The van der Waals surface area contributed by atoms with Crippen LogP contribution in [0.1, 0.15) is 30.6 Å². The third kappa shape index (κ3) is 2.96. The highest BCUT2D eigenvalue weighted by Crippen LogP contribution is 2.40. The first-order chi connectivity index (χ1) is 8.52. The van der Waals surface area contributed by atoms with Crippen molar-refractivity contribution in [2.24, 2.45) is 11.8 Å². The summed E-state index contributed by atoms with van der Waals surface area (Å²) in [4.78, 5) is 5.45. The lowest BCUT2D eigenvalue weighted by molar-refractivity contribution is -0.134. The molecule has 0 amide bonds. The monoisotopic (exact) mass is 276 g/mol. The van der Waals surface area contributed by atoms with Gasteiger partial charge in [0.1, 0.15) is 4.88 Å².